The van der Waals surface area contributed by atoms with Gasteiger partial charge in [0.1, 0.15) is 19.3 Å². The lowest BCUT2D eigenvalue weighted by molar-refractivity contribution is -0.161. The summed E-state index contributed by atoms with van der Waals surface area (Å²) in [6, 6.07) is 0. The van der Waals surface area contributed by atoms with Gasteiger partial charge < -0.3 is 33.8 Å². The van der Waals surface area contributed by atoms with Gasteiger partial charge in [-0.1, -0.05) is 351 Å². The molecule has 19 heteroatoms. The van der Waals surface area contributed by atoms with Crippen LogP contribution < -0.4 is 0 Å². The quantitative estimate of drug-likeness (QED) is 0.0222. The highest BCUT2D eigenvalue weighted by Gasteiger charge is 2.30. The second-order valence-electron chi connectivity index (χ2n) is 29.9. The van der Waals surface area contributed by atoms with Crippen molar-refractivity contribution in [3.63, 3.8) is 0 Å². The number of aliphatic hydroxyl groups is 1. The zero-order valence-electron chi connectivity index (χ0n) is 64.4. The average molecular weight is 1440 g/mol. The average Bonchev–Trinajstić information content (AvgIpc) is 0.975. The van der Waals surface area contributed by atoms with Gasteiger partial charge in [-0.15, -0.1) is 0 Å². The Balaban J connectivity index is 5.17. The van der Waals surface area contributed by atoms with Crippen molar-refractivity contribution in [1.29, 1.82) is 0 Å². The van der Waals surface area contributed by atoms with E-state index in [0.29, 0.717) is 25.7 Å². The summed E-state index contributed by atoms with van der Waals surface area (Å²) in [6.07, 6.45) is 54.3. The van der Waals surface area contributed by atoms with Crippen LogP contribution in [-0.4, -0.2) is 96.7 Å². The Morgan fingerprint density at radius 3 is 0.724 bits per heavy atom. The van der Waals surface area contributed by atoms with Crippen LogP contribution in [0, 0.1) is 23.7 Å². The molecular weight excluding hydrogens is 1280 g/mol. The molecule has 4 unspecified atom stereocenters. The number of carbonyl (C=O) groups excluding carboxylic acids is 4. The molecule has 0 aromatic carbocycles. The van der Waals surface area contributed by atoms with Gasteiger partial charge in [-0.3, -0.25) is 37.3 Å². The van der Waals surface area contributed by atoms with E-state index < -0.39 is 97.5 Å². The van der Waals surface area contributed by atoms with E-state index in [4.69, 9.17) is 37.0 Å². The predicted octanol–water partition coefficient (Wildman–Crippen LogP) is 23.2. The highest BCUT2D eigenvalue weighted by molar-refractivity contribution is 7.47. The lowest BCUT2D eigenvalue weighted by Gasteiger charge is -2.21. The molecule has 0 saturated heterocycles. The highest BCUT2D eigenvalue weighted by Crippen LogP contribution is 2.45. The summed E-state index contributed by atoms with van der Waals surface area (Å²) < 4.78 is 68.6. The van der Waals surface area contributed by atoms with Crippen molar-refractivity contribution in [1.82, 2.24) is 0 Å². The minimum atomic E-state index is -4.96. The molecule has 0 saturated carbocycles. The van der Waals surface area contributed by atoms with Crippen molar-refractivity contribution in [2.24, 2.45) is 23.7 Å². The lowest BCUT2D eigenvalue weighted by Crippen LogP contribution is -2.30. The monoisotopic (exact) mass is 1440 g/mol. The highest BCUT2D eigenvalue weighted by atomic mass is 31.2. The molecule has 0 radical (unpaired) electrons. The number of phosphoric acid groups is 2. The number of phosphoric ester groups is 2. The van der Waals surface area contributed by atoms with E-state index in [2.05, 4.69) is 55.4 Å². The van der Waals surface area contributed by atoms with Gasteiger partial charge in [-0.05, 0) is 49.4 Å². The van der Waals surface area contributed by atoms with Crippen LogP contribution in [0.15, 0.2) is 0 Å². The smallest absolute Gasteiger partial charge is 0.462 e. The molecule has 0 heterocycles. The van der Waals surface area contributed by atoms with E-state index in [-0.39, 0.29) is 25.7 Å². The van der Waals surface area contributed by atoms with E-state index >= 15 is 0 Å². The van der Waals surface area contributed by atoms with Gasteiger partial charge in [0.2, 0.25) is 0 Å². The summed E-state index contributed by atoms with van der Waals surface area (Å²) in [4.78, 5) is 72.9. The van der Waals surface area contributed by atoms with Crippen LogP contribution in [-0.2, 0) is 65.4 Å². The number of carbonyl (C=O) groups is 4. The standard InChI is InChI=1S/C79H154O17P2/c1-9-71(7)57-49-41-33-26-22-17-15-13-11-12-14-16-18-24-28-35-45-53-61-78(83)95-75(66-90-77(82)60-52-44-38-37-42-50-58-72(8)10-2)68-94-98(87,88)92-64-73(80)63-91-97(85,86)93-67-74(96-79(84)62-54-46-36-30-29-32-40-48-56-70(5)6)65-89-76(81)59-51-43-34-27-23-20-19-21-25-31-39-47-55-69(3)4/h69-75,80H,9-68H2,1-8H3,(H,85,86)(H,87,88)/t71?,72?,73-,74-,75-/m1/s1. The molecule has 7 atom stereocenters. The summed E-state index contributed by atoms with van der Waals surface area (Å²) in [5.41, 5.74) is 0. The molecule has 0 aromatic rings. The van der Waals surface area contributed by atoms with E-state index in [1.807, 2.05) is 0 Å². The molecule has 0 spiro atoms. The summed E-state index contributed by atoms with van der Waals surface area (Å²) >= 11 is 0. The lowest BCUT2D eigenvalue weighted by atomic mass is 9.99. The third-order valence-electron chi connectivity index (χ3n) is 19.0. The molecule has 0 bridgehead atoms. The van der Waals surface area contributed by atoms with Crippen LogP contribution in [0.3, 0.4) is 0 Å². The summed E-state index contributed by atoms with van der Waals surface area (Å²) in [7, 11) is -9.92. The maximum Gasteiger partial charge on any atom is 0.472 e. The predicted molar refractivity (Wildman–Crippen MR) is 400 cm³/mol. The Kier molecular flexibility index (Phi) is 66.8. The van der Waals surface area contributed by atoms with Gasteiger partial charge in [0.05, 0.1) is 26.4 Å². The topological polar surface area (TPSA) is 237 Å². The number of aliphatic hydroxyl groups excluding tert-OH is 1. The second-order valence-corrected chi connectivity index (χ2v) is 32.8. The van der Waals surface area contributed by atoms with E-state index in [9.17, 15) is 43.2 Å². The van der Waals surface area contributed by atoms with Crippen molar-refractivity contribution in [2.45, 2.75) is 420 Å². The zero-order valence-corrected chi connectivity index (χ0v) is 66.2. The molecule has 17 nitrogen and oxygen atoms in total. The van der Waals surface area contributed by atoms with Crippen molar-refractivity contribution >= 4 is 39.5 Å². The first-order valence-electron chi connectivity index (χ1n) is 40.8. The molecule has 0 fully saturated rings. The first-order valence-corrected chi connectivity index (χ1v) is 43.8. The second kappa shape index (κ2) is 68.2. The van der Waals surface area contributed by atoms with Gasteiger partial charge in [0.25, 0.3) is 0 Å². The summed E-state index contributed by atoms with van der Waals surface area (Å²) in [5.74, 6) is 0.981. The van der Waals surface area contributed by atoms with Crippen molar-refractivity contribution in [2.75, 3.05) is 39.6 Å². The van der Waals surface area contributed by atoms with Crippen LogP contribution in [0.4, 0.5) is 0 Å². The first-order chi connectivity index (χ1) is 47.2. The largest absolute Gasteiger partial charge is 0.472 e. The maximum atomic E-state index is 13.1. The molecule has 0 aliphatic carbocycles. The Morgan fingerprint density at radius 1 is 0.286 bits per heavy atom. The Labute approximate surface area is 600 Å². The minimum Gasteiger partial charge on any atom is -0.462 e. The van der Waals surface area contributed by atoms with E-state index in [0.717, 1.165) is 120 Å². The Morgan fingerprint density at radius 2 is 0.490 bits per heavy atom. The third kappa shape index (κ3) is 69.8. The molecule has 0 rings (SSSR count). The SMILES string of the molecule is CCC(C)CCCCCCCCCCCCCCCCCCCCC(=O)O[C@H](COC(=O)CCCCCCCCC(C)CC)COP(=O)(O)OC[C@H](O)COP(=O)(O)OC[C@@H](COC(=O)CCCCCCCCCCCCCCC(C)C)OC(=O)CCCCCCCCCCC(C)C. The Hall–Kier alpha value is -1.94. The molecule has 0 aliphatic rings. The van der Waals surface area contributed by atoms with Crippen LogP contribution in [0.2, 0.25) is 0 Å². The van der Waals surface area contributed by atoms with Crippen LogP contribution in [0.25, 0.3) is 0 Å². The number of hydrogen-bond donors (Lipinski definition) is 3. The zero-order chi connectivity index (χ0) is 72.4. The molecule has 0 aliphatic heterocycles. The minimum absolute atomic E-state index is 0.104. The molecule has 0 amide bonds. The molecular formula is C79H154O17P2. The Bertz CT molecular complexity index is 1920. The first kappa shape index (κ1) is 96.1. The maximum absolute atomic E-state index is 13.1. The molecule has 98 heavy (non-hydrogen) atoms. The summed E-state index contributed by atoms with van der Waals surface area (Å²) in [6.45, 7) is 14.2. The van der Waals surface area contributed by atoms with E-state index in [1.165, 1.54) is 199 Å². The number of ether oxygens (including phenoxy) is 4. The number of hydrogen-bond acceptors (Lipinski definition) is 15. The summed E-state index contributed by atoms with van der Waals surface area (Å²) in [5, 5.41) is 10.6. The molecule has 3 N–H and O–H groups in total. The van der Waals surface area contributed by atoms with Gasteiger partial charge in [0, 0.05) is 25.7 Å². The molecule has 0 aromatic heterocycles. The van der Waals surface area contributed by atoms with Crippen LogP contribution in [0.5, 0.6) is 0 Å². The van der Waals surface area contributed by atoms with Crippen LogP contribution in [0.1, 0.15) is 402 Å². The fourth-order valence-electron chi connectivity index (χ4n) is 12.0. The number of esters is 4. The van der Waals surface area contributed by atoms with Crippen molar-refractivity contribution in [3.05, 3.63) is 0 Å². The van der Waals surface area contributed by atoms with Gasteiger partial charge in [0.15, 0.2) is 12.2 Å². The fraction of sp³-hybridized carbons (Fsp3) is 0.949. The van der Waals surface area contributed by atoms with Crippen molar-refractivity contribution in [3.8, 4) is 0 Å². The van der Waals surface area contributed by atoms with Crippen LogP contribution >= 0.6 is 15.6 Å². The van der Waals surface area contributed by atoms with Crippen molar-refractivity contribution < 1.29 is 80.2 Å². The number of rotatable bonds is 76. The van der Waals surface area contributed by atoms with Gasteiger partial charge in [-0.2, -0.15) is 0 Å². The third-order valence-corrected chi connectivity index (χ3v) is 20.9. The van der Waals surface area contributed by atoms with E-state index in [1.54, 1.807) is 0 Å². The number of unbranched alkanes of at least 4 members (excludes halogenated alkanes) is 40. The fourth-order valence-corrected chi connectivity index (χ4v) is 13.6. The molecule has 582 valence electrons. The van der Waals surface area contributed by atoms with Gasteiger partial charge in [-0.25, -0.2) is 9.13 Å². The van der Waals surface area contributed by atoms with Gasteiger partial charge >= 0.3 is 39.5 Å². The normalized spacial score (nSPS) is 14.6.